The number of aromatic nitrogens is 1. The molecule has 1 saturated heterocycles. The molecule has 2 heterocycles. The molecule has 1 aromatic rings. The van der Waals surface area contributed by atoms with Gasteiger partial charge in [-0.3, -0.25) is 0 Å². The highest BCUT2D eigenvalue weighted by atomic mass is 35.5. The van der Waals surface area contributed by atoms with E-state index >= 15 is 0 Å². The first-order valence-electron chi connectivity index (χ1n) is 5.71. The van der Waals surface area contributed by atoms with E-state index in [1.807, 2.05) is 6.92 Å². The first-order valence-corrected chi connectivity index (χ1v) is 7.57. The van der Waals surface area contributed by atoms with E-state index in [4.69, 9.17) is 16.3 Å². The Kier molecular flexibility index (Phi) is 4.21. The average molecular weight is 291 g/mol. The molecule has 2 rings (SSSR count). The molecule has 0 aromatic carbocycles. The van der Waals surface area contributed by atoms with Crippen molar-refractivity contribution in [1.82, 2.24) is 9.71 Å². The maximum absolute atomic E-state index is 12.1. The number of halogens is 1. The van der Waals surface area contributed by atoms with Gasteiger partial charge in [0.15, 0.2) is 0 Å². The van der Waals surface area contributed by atoms with Gasteiger partial charge in [-0.2, -0.15) is 0 Å². The summed E-state index contributed by atoms with van der Waals surface area (Å²) >= 11 is 5.80. The van der Waals surface area contributed by atoms with Gasteiger partial charge in [0.05, 0.1) is 6.61 Å². The second-order valence-corrected chi connectivity index (χ2v) is 6.37. The first kappa shape index (κ1) is 13.7. The predicted molar refractivity (Wildman–Crippen MR) is 68.0 cm³/mol. The summed E-state index contributed by atoms with van der Waals surface area (Å²) in [6.07, 6.45) is 2.32. The summed E-state index contributed by atoms with van der Waals surface area (Å²) in [5.41, 5.74) is 0. The molecule has 100 valence electrons. The molecule has 0 bridgehead atoms. The summed E-state index contributed by atoms with van der Waals surface area (Å²) in [5, 5.41) is -0.0140. The molecular weight excluding hydrogens is 276 g/mol. The fraction of sp³-hybridized carbons (Fsp3) is 0.545. The van der Waals surface area contributed by atoms with Crippen LogP contribution in [0.2, 0.25) is 5.15 Å². The second kappa shape index (κ2) is 5.52. The monoisotopic (exact) mass is 290 g/mol. The SMILES string of the molecule is CC(NS(=O)(=O)c1cccnc1Cl)C1CCOC1. The minimum atomic E-state index is -3.63. The van der Waals surface area contributed by atoms with Gasteiger partial charge in [-0.25, -0.2) is 18.1 Å². The Morgan fingerprint density at radius 1 is 1.61 bits per heavy atom. The second-order valence-electron chi connectivity index (χ2n) is 4.33. The molecular formula is C11H15ClN2O3S. The average Bonchev–Trinajstić information content (AvgIpc) is 2.82. The van der Waals surface area contributed by atoms with E-state index in [9.17, 15) is 8.42 Å². The molecule has 0 aliphatic carbocycles. The molecule has 1 aliphatic heterocycles. The van der Waals surface area contributed by atoms with Gasteiger partial charge >= 0.3 is 0 Å². The molecule has 7 heteroatoms. The van der Waals surface area contributed by atoms with Crippen molar-refractivity contribution >= 4 is 21.6 Å². The summed E-state index contributed by atoms with van der Waals surface area (Å²) in [5.74, 6) is 0.204. The molecule has 5 nitrogen and oxygen atoms in total. The Morgan fingerprint density at radius 2 is 2.39 bits per heavy atom. The third kappa shape index (κ3) is 3.00. The van der Waals surface area contributed by atoms with E-state index in [-0.39, 0.29) is 22.0 Å². The van der Waals surface area contributed by atoms with Crippen LogP contribution < -0.4 is 4.72 Å². The molecule has 2 unspecified atom stereocenters. The van der Waals surface area contributed by atoms with Gasteiger partial charge in [0, 0.05) is 24.8 Å². The number of rotatable bonds is 4. The number of sulfonamides is 1. The molecule has 1 aromatic heterocycles. The van der Waals surface area contributed by atoms with Crippen molar-refractivity contribution in [2.75, 3.05) is 13.2 Å². The molecule has 0 saturated carbocycles. The fourth-order valence-corrected chi connectivity index (χ4v) is 3.69. The highest BCUT2D eigenvalue weighted by molar-refractivity contribution is 7.89. The van der Waals surface area contributed by atoms with Crippen LogP contribution >= 0.6 is 11.6 Å². The van der Waals surface area contributed by atoms with E-state index in [0.29, 0.717) is 13.2 Å². The number of nitrogens with one attached hydrogen (secondary N) is 1. The Hall–Kier alpha value is -0.690. The van der Waals surface area contributed by atoms with E-state index in [1.165, 1.54) is 12.3 Å². The topological polar surface area (TPSA) is 68.3 Å². The number of nitrogens with zero attached hydrogens (tertiary/aromatic N) is 1. The van der Waals surface area contributed by atoms with Crippen LogP contribution in [0.3, 0.4) is 0 Å². The van der Waals surface area contributed by atoms with Crippen LogP contribution in [-0.4, -0.2) is 32.7 Å². The van der Waals surface area contributed by atoms with Crippen LogP contribution in [0.4, 0.5) is 0 Å². The first-order chi connectivity index (χ1) is 8.50. The highest BCUT2D eigenvalue weighted by Crippen LogP contribution is 2.21. The lowest BCUT2D eigenvalue weighted by Gasteiger charge is -2.19. The van der Waals surface area contributed by atoms with Crippen LogP contribution in [0, 0.1) is 5.92 Å². The number of hydrogen-bond acceptors (Lipinski definition) is 4. The van der Waals surface area contributed by atoms with Gasteiger partial charge in [0.25, 0.3) is 0 Å². The van der Waals surface area contributed by atoms with Crippen molar-refractivity contribution in [2.45, 2.75) is 24.3 Å². The summed E-state index contributed by atoms with van der Waals surface area (Å²) < 4.78 is 32.2. The van der Waals surface area contributed by atoms with E-state index < -0.39 is 10.0 Å². The van der Waals surface area contributed by atoms with E-state index in [0.717, 1.165) is 6.42 Å². The third-order valence-corrected chi connectivity index (χ3v) is 5.03. The number of hydrogen-bond donors (Lipinski definition) is 1. The van der Waals surface area contributed by atoms with Crippen LogP contribution in [0.25, 0.3) is 0 Å². The maximum atomic E-state index is 12.1. The highest BCUT2D eigenvalue weighted by Gasteiger charge is 2.27. The van der Waals surface area contributed by atoms with Crippen LogP contribution in [-0.2, 0) is 14.8 Å². The molecule has 1 aliphatic rings. The molecule has 1 N–H and O–H groups in total. The molecule has 18 heavy (non-hydrogen) atoms. The number of pyridine rings is 1. The Labute approximate surface area is 112 Å². The van der Waals surface area contributed by atoms with Gasteiger partial charge in [0.2, 0.25) is 10.0 Å². The lowest BCUT2D eigenvalue weighted by Crippen LogP contribution is -2.38. The third-order valence-electron chi connectivity index (χ3n) is 3.03. The lowest BCUT2D eigenvalue weighted by atomic mass is 10.0. The molecule has 0 amide bonds. The van der Waals surface area contributed by atoms with Crippen molar-refractivity contribution in [3.63, 3.8) is 0 Å². The van der Waals surface area contributed by atoms with Crippen molar-refractivity contribution in [3.05, 3.63) is 23.5 Å². The normalized spacial score (nSPS) is 22.0. The Bertz CT molecular complexity index is 515. The van der Waals surface area contributed by atoms with Crippen LogP contribution in [0.1, 0.15) is 13.3 Å². The molecule has 2 atom stereocenters. The summed E-state index contributed by atoms with van der Waals surface area (Å²) in [6, 6.07) is 2.80. The summed E-state index contributed by atoms with van der Waals surface area (Å²) in [6.45, 7) is 3.11. The van der Waals surface area contributed by atoms with Crippen molar-refractivity contribution < 1.29 is 13.2 Å². The quantitative estimate of drug-likeness (QED) is 0.852. The standard InChI is InChI=1S/C11H15ClN2O3S/c1-8(9-4-6-17-7-9)14-18(15,16)10-3-2-5-13-11(10)12/h2-3,5,8-9,14H,4,6-7H2,1H3. The van der Waals surface area contributed by atoms with Crippen LogP contribution in [0.5, 0.6) is 0 Å². The van der Waals surface area contributed by atoms with E-state index in [2.05, 4.69) is 9.71 Å². The fourth-order valence-electron chi connectivity index (χ4n) is 1.92. The van der Waals surface area contributed by atoms with Gasteiger partial charge < -0.3 is 4.74 Å². The lowest BCUT2D eigenvalue weighted by molar-refractivity contribution is 0.180. The van der Waals surface area contributed by atoms with Gasteiger partial charge in [0.1, 0.15) is 10.0 Å². The largest absolute Gasteiger partial charge is 0.381 e. The minimum absolute atomic E-state index is 0.0115. The molecule has 0 spiro atoms. The van der Waals surface area contributed by atoms with Crippen molar-refractivity contribution in [1.29, 1.82) is 0 Å². The summed E-state index contributed by atoms with van der Waals surface area (Å²) in [7, 11) is -3.63. The molecule has 0 radical (unpaired) electrons. The summed E-state index contributed by atoms with van der Waals surface area (Å²) in [4.78, 5) is 3.78. The van der Waals surface area contributed by atoms with Gasteiger partial charge in [-0.15, -0.1) is 0 Å². The van der Waals surface area contributed by atoms with Crippen molar-refractivity contribution in [2.24, 2.45) is 5.92 Å². The molecule has 1 fully saturated rings. The maximum Gasteiger partial charge on any atom is 0.243 e. The van der Waals surface area contributed by atoms with Gasteiger partial charge in [-0.1, -0.05) is 11.6 Å². The Morgan fingerprint density at radius 3 is 3.00 bits per heavy atom. The van der Waals surface area contributed by atoms with Crippen molar-refractivity contribution in [3.8, 4) is 0 Å². The zero-order chi connectivity index (χ0) is 13.2. The Balaban J connectivity index is 2.14. The smallest absolute Gasteiger partial charge is 0.243 e. The van der Waals surface area contributed by atoms with Crippen LogP contribution in [0.15, 0.2) is 23.2 Å². The predicted octanol–water partition coefficient (Wildman–Crippen LogP) is 1.44. The minimum Gasteiger partial charge on any atom is -0.381 e. The zero-order valence-corrected chi connectivity index (χ0v) is 11.5. The van der Waals surface area contributed by atoms with E-state index in [1.54, 1.807) is 6.07 Å². The number of ether oxygens (including phenoxy) is 1. The van der Waals surface area contributed by atoms with Gasteiger partial charge in [-0.05, 0) is 25.5 Å². The zero-order valence-electron chi connectivity index (χ0n) is 9.97.